The van der Waals surface area contributed by atoms with Gasteiger partial charge in [-0.05, 0) is 25.4 Å². The summed E-state index contributed by atoms with van der Waals surface area (Å²) < 4.78 is 8.40. The van der Waals surface area contributed by atoms with Crippen LogP contribution in [0.3, 0.4) is 0 Å². The Morgan fingerprint density at radius 2 is 2.33 bits per heavy atom. The molecule has 0 aromatic carbocycles. The van der Waals surface area contributed by atoms with E-state index in [1.807, 2.05) is 0 Å². The van der Waals surface area contributed by atoms with Gasteiger partial charge in [-0.15, -0.1) is 5.10 Å². The molecule has 66 valence electrons. The largest absolute Gasteiger partial charge is 0.459 e. The van der Waals surface area contributed by atoms with E-state index >= 15 is 0 Å². The molecule has 5 nitrogen and oxygen atoms in total. The van der Waals surface area contributed by atoms with Crippen LogP contribution in [-0.2, 0) is 4.74 Å². The molecule has 0 radical (unpaired) electrons. The fraction of sp³-hybridized carbons (Fsp3) is 0.500. The molecular formula is C6H9N3O2S. The molecule has 0 aliphatic carbocycles. The van der Waals surface area contributed by atoms with Gasteiger partial charge in [0.25, 0.3) is 0 Å². The van der Waals surface area contributed by atoms with Crippen LogP contribution in [0.4, 0.5) is 5.82 Å². The Morgan fingerprint density at radius 1 is 1.67 bits per heavy atom. The summed E-state index contributed by atoms with van der Waals surface area (Å²) in [5.41, 5.74) is 5.35. The number of nitrogen functional groups attached to an aromatic ring is 1. The molecule has 0 amide bonds. The highest BCUT2D eigenvalue weighted by Gasteiger charge is 2.16. The Hall–Kier alpha value is -1.17. The molecular weight excluding hydrogens is 178 g/mol. The lowest BCUT2D eigenvalue weighted by Gasteiger charge is -2.05. The normalized spacial score (nSPS) is 10.2. The number of anilines is 1. The number of hydrogen-bond donors (Lipinski definition) is 1. The fourth-order valence-corrected chi connectivity index (χ4v) is 1.07. The minimum Gasteiger partial charge on any atom is -0.459 e. The Balaban J connectivity index is 2.72. The molecule has 0 fully saturated rings. The van der Waals surface area contributed by atoms with Gasteiger partial charge in [0.1, 0.15) is 0 Å². The second-order valence-corrected chi connectivity index (χ2v) is 3.20. The zero-order valence-electron chi connectivity index (χ0n) is 6.77. The minimum atomic E-state index is -0.461. The summed E-state index contributed by atoms with van der Waals surface area (Å²) in [6, 6.07) is 0. The lowest BCUT2D eigenvalue weighted by atomic mass is 10.4. The zero-order chi connectivity index (χ0) is 9.14. The van der Waals surface area contributed by atoms with Crippen molar-refractivity contribution >= 4 is 23.3 Å². The van der Waals surface area contributed by atoms with E-state index < -0.39 is 5.97 Å². The molecule has 1 rings (SSSR count). The predicted octanol–water partition coefficient (Wildman–Crippen LogP) is 0.685. The number of carbonyl (C=O) groups excluding carboxylic acids is 1. The maximum absolute atomic E-state index is 11.2. The average molecular weight is 187 g/mol. The molecule has 1 heterocycles. The first-order chi connectivity index (χ1) is 5.61. The van der Waals surface area contributed by atoms with Crippen LogP contribution < -0.4 is 5.73 Å². The van der Waals surface area contributed by atoms with Gasteiger partial charge in [-0.3, -0.25) is 0 Å². The van der Waals surface area contributed by atoms with E-state index in [0.717, 1.165) is 11.5 Å². The van der Waals surface area contributed by atoms with Crippen molar-refractivity contribution in [2.45, 2.75) is 20.0 Å². The second-order valence-electron chi connectivity index (χ2n) is 2.44. The fourth-order valence-electron chi connectivity index (χ4n) is 0.607. The Labute approximate surface area is 73.7 Å². The highest BCUT2D eigenvalue weighted by atomic mass is 32.1. The number of aromatic nitrogens is 2. The van der Waals surface area contributed by atoms with Gasteiger partial charge in [0.05, 0.1) is 6.10 Å². The summed E-state index contributed by atoms with van der Waals surface area (Å²) in [5, 5.41) is 3.49. The summed E-state index contributed by atoms with van der Waals surface area (Å²) in [6.45, 7) is 3.53. The molecule has 2 N–H and O–H groups in total. The number of nitrogens with two attached hydrogens (primary N) is 1. The molecule has 0 bridgehead atoms. The van der Waals surface area contributed by atoms with E-state index in [1.54, 1.807) is 13.8 Å². The summed E-state index contributed by atoms with van der Waals surface area (Å²) in [4.78, 5) is 11.4. The zero-order valence-corrected chi connectivity index (χ0v) is 7.59. The van der Waals surface area contributed by atoms with Gasteiger partial charge in [0, 0.05) is 0 Å². The van der Waals surface area contributed by atoms with Gasteiger partial charge in [-0.25, -0.2) is 4.79 Å². The van der Waals surface area contributed by atoms with Crippen LogP contribution >= 0.6 is 11.5 Å². The lowest BCUT2D eigenvalue weighted by Crippen LogP contribution is -2.11. The van der Waals surface area contributed by atoms with Gasteiger partial charge in [-0.2, -0.15) is 0 Å². The molecule has 1 aromatic heterocycles. The monoisotopic (exact) mass is 187 g/mol. The number of hydrogen-bond acceptors (Lipinski definition) is 6. The topological polar surface area (TPSA) is 78.1 Å². The molecule has 0 unspecified atom stereocenters. The van der Waals surface area contributed by atoms with E-state index in [4.69, 9.17) is 10.5 Å². The van der Waals surface area contributed by atoms with E-state index in [1.165, 1.54) is 0 Å². The average Bonchev–Trinajstić information content (AvgIpc) is 2.33. The highest BCUT2D eigenvalue weighted by Crippen LogP contribution is 2.14. The third-order valence-electron chi connectivity index (χ3n) is 1.04. The van der Waals surface area contributed by atoms with Gasteiger partial charge in [-0.1, -0.05) is 4.49 Å². The summed E-state index contributed by atoms with van der Waals surface area (Å²) in [7, 11) is 0. The van der Waals surface area contributed by atoms with E-state index in [2.05, 4.69) is 9.59 Å². The number of rotatable bonds is 2. The van der Waals surface area contributed by atoms with Crippen LogP contribution in [-0.4, -0.2) is 21.7 Å². The Kier molecular flexibility index (Phi) is 2.59. The van der Waals surface area contributed by atoms with Gasteiger partial charge < -0.3 is 10.5 Å². The maximum Gasteiger partial charge on any atom is 0.354 e. The number of nitrogens with zero attached hydrogens (tertiary/aromatic N) is 2. The number of carbonyl (C=O) groups is 1. The Morgan fingerprint density at radius 3 is 2.75 bits per heavy atom. The summed E-state index contributed by atoms with van der Waals surface area (Å²) in [5.74, 6) is -0.330. The van der Waals surface area contributed by atoms with Gasteiger partial charge in [0.2, 0.25) is 0 Å². The number of ether oxygens (including phenoxy) is 1. The van der Waals surface area contributed by atoms with Crippen LogP contribution in [0.25, 0.3) is 0 Å². The second kappa shape index (κ2) is 3.48. The van der Waals surface area contributed by atoms with E-state index in [0.29, 0.717) is 0 Å². The first-order valence-electron chi connectivity index (χ1n) is 3.40. The van der Waals surface area contributed by atoms with E-state index in [9.17, 15) is 4.79 Å². The summed E-state index contributed by atoms with van der Waals surface area (Å²) in [6.07, 6.45) is -0.154. The van der Waals surface area contributed by atoms with Crippen molar-refractivity contribution in [3.05, 3.63) is 4.88 Å². The molecule has 0 atom stereocenters. The van der Waals surface area contributed by atoms with Crippen molar-refractivity contribution in [2.75, 3.05) is 5.73 Å². The van der Waals surface area contributed by atoms with Crippen LogP contribution in [0.2, 0.25) is 0 Å². The standard InChI is InChI=1S/C6H9N3O2S/c1-3(2)11-6(10)4-5(7)8-9-12-4/h3H,7H2,1-2H3. The maximum atomic E-state index is 11.2. The van der Waals surface area contributed by atoms with Crippen molar-refractivity contribution in [1.82, 2.24) is 9.59 Å². The molecule has 0 aliphatic rings. The summed E-state index contributed by atoms with van der Waals surface area (Å²) >= 11 is 0.939. The third kappa shape index (κ3) is 1.91. The SMILES string of the molecule is CC(C)OC(=O)c1snnc1N. The molecule has 0 saturated carbocycles. The predicted molar refractivity (Wildman–Crippen MR) is 44.9 cm³/mol. The van der Waals surface area contributed by atoms with Crippen molar-refractivity contribution < 1.29 is 9.53 Å². The quantitative estimate of drug-likeness (QED) is 0.689. The number of esters is 1. The van der Waals surface area contributed by atoms with Crippen molar-refractivity contribution in [2.24, 2.45) is 0 Å². The van der Waals surface area contributed by atoms with Crippen LogP contribution in [0.1, 0.15) is 23.5 Å². The van der Waals surface area contributed by atoms with Crippen molar-refractivity contribution in [3.8, 4) is 0 Å². The van der Waals surface area contributed by atoms with Crippen molar-refractivity contribution in [1.29, 1.82) is 0 Å². The molecule has 6 heteroatoms. The minimum absolute atomic E-state index is 0.130. The highest BCUT2D eigenvalue weighted by molar-refractivity contribution is 7.08. The Bertz CT molecular complexity index is 284. The lowest BCUT2D eigenvalue weighted by molar-refractivity contribution is 0.0385. The third-order valence-corrected chi connectivity index (χ3v) is 1.76. The van der Waals surface area contributed by atoms with Crippen LogP contribution in [0.5, 0.6) is 0 Å². The van der Waals surface area contributed by atoms with Crippen LogP contribution in [0.15, 0.2) is 0 Å². The molecule has 0 aliphatic heterocycles. The molecule has 1 aromatic rings. The van der Waals surface area contributed by atoms with Crippen molar-refractivity contribution in [3.63, 3.8) is 0 Å². The first-order valence-corrected chi connectivity index (χ1v) is 4.17. The molecule has 12 heavy (non-hydrogen) atoms. The van der Waals surface area contributed by atoms with Crippen LogP contribution in [0, 0.1) is 0 Å². The van der Waals surface area contributed by atoms with E-state index in [-0.39, 0.29) is 16.8 Å². The van der Waals surface area contributed by atoms with Gasteiger partial charge >= 0.3 is 5.97 Å². The molecule has 0 spiro atoms. The van der Waals surface area contributed by atoms with Gasteiger partial charge in [0.15, 0.2) is 10.7 Å². The first kappa shape index (κ1) is 8.92. The smallest absolute Gasteiger partial charge is 0.354 e. The molecule has 0 saturated heterocycles.